The molecule has 0 aromatic carbocycles. The quantitative estimate of drug-likeness (QED) is 0.473. The van der Waals surface area contributed by atoms with Gasteiger partial charge in [0.25, 0.3) is 0 Å². The van der Waals surface area contributed by atoms with E-state index < -0.39 is 0 Å². The Labute approximate surface area is 192 Å². The third-order valence-corrected chi connectivity index (χ3v) is 11.0. The molecule has 4 nitrogen and oxygen atoms in total. The Morgan fingerprint density at radius 1 is 1.19 bits per heavy atom. The van der Waals surface area contributed by atoms with Crippen LogP contribution in [0.4, 0.5) is 0 Å². The van der Waals surface area contributed by atoms with Gasteiger partial charge in [0.15, 0.2) is 0 Å². The molecule has 0 aromatic rings. The van der Waals surface area contributed by atoms with Crippen molar-refractivity contribution in [2.45, 2.75) is 96.3 Å². The molecule has 4 aliphatic rings. The van der Waals surface area contributed by atoms with Gasteiger partial charge in [-0.25, -0.2) is 0 Å². The number of carbonyl (C=O) groups is 2. The molecule has 0 radical (unpaired) electrons. The number of thioether (sulfide) groups is 1. The van der Waals surface area contributed by atoms with E-state index in [2.05, 4.69) is 37.9 Å². The van der Waals surface area contributed by atoms with Crippen molar-refractivity contribution in [3.8, 4) is 0 Å². The van der Waals surface area contributed by atoms with Crippen molar-refractivity contribution in [3.05, 3.63) is 11.0 Å². The van der Waals surface area contributed by atoms with Gasteiger partial charge in [0.2, 0.25) is 0 Å². The Kier molecular flexibility index (Phi) is 6.55. The summed E-state index contributed by atoms with van der Waals surface area (Å²) in [4.78, 5) is 23.1. The van der Waals surface area contributed by atoms with Crippen molar-refractivity contribution >= 4 is 23.7 Å². The van der Waals surface area contributed by atoms with Crippen molar-refractivity contribution in [2.75, 3.05) is 7.11 Å². The van der Waals surface area contributed by atoms with Crippen molar-refractivity contribution in [3.63, 3.8) is 0 Å². The zero-order valence-corrected chi connectivity index (χ0v) is 20.8. The fourth-order valence-corrected chi connectivity index (χ4v) is 9.60. The van der Waals surface area contributed by atoms with E-state index in [4.69, 9.17) is 9.47 Å². The minimum atomic E-state index is -0.135. The van der Waals surface area contributed by atoms with Crippen LogP contribution < -0.4 is 0 Å². The molecule has 4 rings (SSSR count). The van der Waals surface area contributed by atoms with Crippen LogP contribution in [-0.2, 0) is 19.1 Å². The van der Waals surface area contributed by atoms with Gasteiger partial charge < -0.3 is 9.47 Å². The number of hydrogen-bond donors (Lipinski definition) is 0. The fraction of sp³-hybridized carbons (Fsp3) is 0.846. The topological polar surface area (TPSA) is 52.6 Å². The molecule has 1 heterocycles. The number of allylic oxidation sites excluding steroid dienone is 1. The molecule has 0 N–H and O–H groups in total. The van der Waals surface area contributed by atoms with Crippen LogP contribution in [0, 0.1) is 35.0 Å². The minimum absolute atomic E-state index is 0.0827. The highest BCUT2D eigenvalue weighted by Crippen LogP contribution is 2.66. The van der Waals surface area contributed by atoms with Crippen molar-refractivity contribution in [2.24, 2.45) is 35.0 Å². The zero-order chi connectivity index (χ0) is 22.4. The molecule has 0 saturated heterocycles. The van der Waals surface area contributed by atoms with Gasteiger partial charge in [0, 0.05) is 18.1 Å². The lowest BCUT2D eigenvalue weighted by Crippen LogP contribution is -2.50. The molecule has 174 valence electrons. The third kappa shape index (κ3) is 4.09. The lowest BCUT2D eigenvalue weighted by atomic mass is 9.53. The summed E-state index contributed by atoms with van der Waals surface area (Å²) in [6.07, 6.45) is 9.88. The molecule has 1 aliphatic heterocycles. The second-order valence-corrected chi connectivity index (χ2v) is 12.4. The summed E-state index contributed by atoms with van der Waals surface area (Å²) in [6.45, 7) is 8.88. The molecule has 5 heteroatoms. The lowest BCUT2D eigenvalue weighted by molar-refractivity contribution is -0.150. The van der Waals surface area contributed by atoms with Crippen LogP contribution in [0.2, 0.25) is 0 Å². The Morgan fingerprint density at radius 2 is 1.97 bits per heavy atom. The normalized spacial score (nSPS) is 42.5. The lowest BCUT2D eigenvalue weighted by Gasteiger charge is -2.56. The van der Waals surface area contributed by atoms with E-state index in [9.17, 15) is 9.59 Å². The maximum atomic E-state index is 11.7. The Bertz CT molecular complexity index is 748. The highest BCUT2D eigenvalue weighted by Gasteiger charge is 2.58. The summed E-state index contributed by atoms with van der Waals surface area (Å²) < 4.78 is 10.8. The summed E-state index contributed by atoms with van der Waals surface area (Å²) >= 11 is 2.10. The van der Waals surface area contributed by atoms with E-state index in [0.717, 1.165) is 31.6 Å². The van der Waals surface area contributed by atoms with Crippen LogP contribution in [0.5, 0.6) is 0 Å². The molecule has 31 heavy (non-hydrogen) atoms. The van der Waals surface area contributed by atoms with E-state index in [-0.39, 0.29) is 28.2 Å². The summed E-state index contributed by atoms with van der Waals surface area (Å²) in [5.41, 5.74) is 1.98. The first-order chi connectivity index (χ1) is 14.7. The number of rotatable bonds is 5. The molecule has 0 bridgehead atoms. The average molecular weight is 449 g/mol. The summed E-state index contributed by atoms with van der Waals surface area (Å²) in [7, 11) is 1.49. The predicted octanol–water partition coefficient (Wildman–Crippen LogP) is 6.14. The average Bonchev–Trinajstić information content (AvgIpc) is 3.09. The molecular weight excluding hydrogens is 408 g/mol. The van der Waals surface area contributed by atoms with Gasteiger partial charge in [-0.15, -0.1) is 11.8 Å². The third-order valence-electron chi connectivity index (χ3n) is 9.56. The number of methoxy groups -OCH3 is 1. The molecule has 0 amide bonds. The van der Waals surface area contributed by atoms with Crippen LogP contribution in [-0.4, -0.2) is 29.9 Å². The predicted molar refractivity (Wildman–Crippen MR) is 124 cm³/mol. The smallest absolute Gasteiger partial charge is 0.305 e. The molecule has 0 unspecified atom stereocenters. The number of fused-ring (bicyclic) bond motifs is 5. The zero-order valence-electron chi connectivity index (χ0n) is 19.9. The SMILES string of the molecule is COC(=O)CC[C@@H](C)[C@H]1CC[C@H]2[C@@H]3CC[C@@H]4C[C@H](OC(C)=O)CC[C@]4(C)C3=CS[C@]12C. The molecule has 3 fully saturated rings. The monoisotopic (exact) mass is 448 g/mol. The molecule has 0 aromatic heterocycles. The molecule has 3 aliphatic carbocycles. The largest absolute Gasteiger partial charge is 0.469 e. The van der Waals surface area contributed by atoms with Crippen LogP contribution >= 0.6 is 11.8 Å². The summed E-state index contributed by atoms with van der Waals surface area (Å²) in [5, 5.41) is 2.56. The minimum Gasteiger partial charge on any atom is -0.469 e. The van der Waals surface area contributed by atoms with Crippen LogP contribution in [0.25, 0.3) is 0 Å². The van der Waals surface area contributed by atoms with Crippen molar-refractivity contribution in [1.29, 1.82) is 0 Å². The molecule has 8 atom stereocenters. The van der Waals surface area contributed by atoms with Gasteiger partial charge in [0.05, 0.1) is 7.11 Å². The van der Waals surface area contributed by atoms with E-state index in [1.807, 2.05) is 0 Å². The van der Waals surface area contributed by atoms with Gasteiger partial charge in [-0.3, -0.25) is 9.59 Å². The Balaban J connectivity index is 1.50. The maximum absolute atomic E-state index is 11.7. The summed E-state index contributed by atoms with van der Waals surface area (Å²) in [6, 6.07) is 0. The molecule has 0 spiro atoms. The van der Waals surface area contributed by atoms with E-state index in [0.29, 0.717) is 30.1 Å². The first-order valence-electron chi connectivity index (χ1n) is 12.3. The first kappa shape index (κ1) is 23.2. The van der Waals surface area contributed by atoms with Gasteiger partial charge in [0.1, 0.15) is 6.10 Å². The second-order valence-electron chi connectivity index (χ2n) is 11.1. The van der Waals surface area contributed by atoms with Gasteiger partial charge in [-0.05, 0) is 98.7 Å². The Morgan fingerprint density at radius 3 is 2.68 bits per heavy atom. The van der Waals surface area contributed by atoms with E-state index in [1.54, 1.807) is 5.57 Å². The maximum Gasteiger partial charge on any atom is 0.305 e. The van der Waals surface area contributed by atoms with Crippen molar-refractivity contribution in [1.82, 2.24) is 0 Å². The number of carbonyl (C=O) groups excluding carboxylic acids is 2. The number of hydrogen-bond acceptors (Lipinski definition) is 5. The van der Waals surface area contributed by atoms with Crippen LogP contribution in [0.3, 0.4) is 0 Å². The summed E-state index contributed by atoms with van der Waals surface area (Å²) in [5.74, 6) is 3.07. The van der Waals surface area contributed by atoms with Crippen LogP contribution in [0.1, 0.15) is 85.5 Å². The fourth-order valence-electron chi connectivity index (χ4n) is 7.79. The van der Waals surface area contributed by atoms with Crippen LogP contribution in [0.15, 0.2) is 11.0 Å². The van der Waals surface area contributed by atoms with Crippen molar-refractivity contribution < 1.29 is 19.1 Å². The van der Waals surface area contributed by atoms with E-state index >= 15 is 0 Å². The van der Waals surface area contributed by atoms with Gasteiger partial charge in [-0.2, -0.15) is 0 Å². The number of esters is 2. The highest BCUT2D eigenvalue weighted by atomic mass is 32.2. The van der Waals surface area contributed by atoms with E-state index in [1.165, 1.54) is 39.7 Å². The standard InChI is InChI=1S/C26H40O4S/c1-16(6-11-24(28)29-5)21-9-10-22-20-8-7-18-14-19(30-17(2)27)12-13-25(18,3)23(20)15-31-26(21,22)4/h15-16,18-22H,6-14H2,1-5H3/t16-,18-,19-,20+,21-,22+,25+,26-/m1/s1. The highest BCUT2D eigenvalue weighted by molar-refractivity contribution is 8.03. The van der Waals surface area contributed by atoms with Gasteiger partial charge >= 0.3 is 11.9 Å². The molecule has 3 saturated carbocycles. The molecular formula is C26H40O4S. The Hall–Kier alpha value is -0.970. The second kappa shape index (κ2) is 8.76. The number of ether oxygens (including phenoxy) is 2. The van der Waals surface area contributed by atoms with Gasteiger partial charge in [-0.1, -0.05) is 19.4 Å². The first-order valence-corrected chi connectivity index (χ1v) is 13.2.